The Morgan fingerprint density at radius 3 is 1.71 bits per heavy atom. The van der Waals surface area contributed by atoms with E-state index in [0.29, 0.717) is 30.1 Å². The highest BCUT2D eigenvalue weighted by atomic mass is 16.5. The summed E-state index contributed by atoms with van der Waals surface area (Å²) in [6.45, 7) is 2.27. The summed E-state index contributed by atoms with van der Waals surface area (Å²) in [6, 6.07) is 1.96. The first-order chi connectivity index (χ1) is 15.1. The van der Waals surface area contributed by atoms with E-state index in [0.717, 1.165) is 24.0 Å². The van der Waals surface area contributed by atoms with Crippen molar-refractivity contribution < 1.29 is 19.0 Å². The van der Waals surface area contributed by atoms with Gasteiger partial charge in [-0.2, -0.15) is 0 Å². The number of nitrogens with two attached hydrogens (primary N) is 1. The maximum absolute atomic E-state index is 11.3. The Labute approximate surface area is 190 Å². The Morgan fingerprint density at radius 2 is 1.26 bits per heavy atom. The molecule has 2 N–H and O–H groups in total. The lowest BCUT2D eigenvalue weighted by molar-refractivity contribution is -0.117. The van der Waals surface area contributed by atoms with Crippen molar-refractivity contribution in [3.8, 4) is 17.2 Å². The lowest BCUT2D eigenvalue weighted by Gasteiger charge is -2.19. The molecule has 0 spiro atoms. The van der Waals surface area contributed by atoms with Crippen molar-refractivity contribution in [2.75, 3.05) is 21.3 Å². The van der Waals surface area contributed by atoms with E-state index in [1.807, 2.05) is 6.07 Å². The van der Waals surface area contributed by atoms with Crippen LogP contribution in [0.25, 0.3) is 0 Å². The van der Waals surface area contributed by atoms with E-state index >= 15 is 0 Å². The maximum Gasteiger partial charge on any atom is 0.217 e. The van der Waals surface area contributed by atoms with Gasteiger partial charge in [-0.15, -0.1) is 0 Å². The Hall–Kier alpha value is -1.91. The monoisotopic (exact) mass is 435 g/mol. The Bertz CT molecular complexity index is 630. The number of unbranched alkanes of at least 4 members (excludes halogenated alkanes) is 11. The van der Waals surface area contributed by atoms with Gasteiger partial charge in [0.15, 0.2) is 11.5 Å². The summed E-state index contributed by atoms with van der Waals surface area (Å²) in [5, 5.41) is 0. The van der Waals surface area contributed by atoms with E-state index in [1.54, 1.807) is 21.3 Å². The lowest BCUT2D eigenvalue weighted by atomic mass is 9.95. The van der Waals surface area contributed by atoms with Gasteiger partial charge in [0, 0.05) is 12.0 Å². The van der Waals surface area contributed by atoms with Crippen LogP contribution < -0.4 is 19.9 Å². The molecular weight excluding hydrogens is 390 g/mol. The van der Waals surface area contributed by atoms with E-state index in [9.17, 15) is 4.79 Å². The minimum absolute atomic E-state index is 0.301. The third-order valence-electron chi connectivity index (χ3n) is 5.95. The molecule has 31 heavy (non-hydrogen) atoms. The zero-order valence-electron chi connectivity index (χ0n) is 20.4. The molecule has 0 atom stereocenters. The van der Waals surface area contributed by atoms with Crippen molar-refractivity contribution in [2.24, 2.45) is 5.73 Å². The predicted octanol–water partition coefficient (Wildman–Crippen LogP) is 6.37. The first-order valence-electron chi connectivity index (χ1n) is 12.2. The fourth-order valence-corrected chi connectivity index (χ4v) is 4.16. The van der Waals surface area contributed by atoms with Crippen LogP contribution in [0.4, 0.5) is 0 Å². The Morgan fingerprint density at radius 1 is 0.742 bits per heavy atom. The second kappa shape index (κ2) is 16.7. The number of benzene rings is 1. The third kappa shape index (κ3) is 10.3. The molecule has 5 nitrogen and oxygen atoms in total. The van der Waals surface area contributed by atoms with Crippen molar-refractivity contribution in [1.29, 1.82) is 0 Å². The molecule has 1 aromatic carbocycles. The topological polar surface area (TPSA) is 70.8 Å². The minimum Gasteiger partial charge on any atom is -0.493 e. The number of rotatable bonds is 19. The van der Waals surface area contributed by atoms with E-state index < -0.39 is 0 Å². The summed E-state index contributed by atoms with van der Waals surface area (Å²) in [6.07, 6.45) is 17.7. The summed E-state index contributed by atoms with van der Waals surface area (Å²) in [7, 11) is 4.89. The first kappa shape index (κ1) is 27.1. The van der Waals surface area contributed by atoms with Gasteiger partial charge < -0.3 is 19.9 Å². The number of hydrogen-bond acceptors (Lipinski definition) is 4. The highest BCUT2D eigenvalue weighted by molar-refractivity contribution is 5.74. The molecule has 1 aromatic rings. The number of hydrogen-bond donors (Lipinski definition) is 1. The molecule has 1 amide bonds. The molecule has 0 heterocycles. The highest BCUT2D eigenvalue weighted by Gasteiger charge is 2.20. The van der Waals surface area contributed by atoms with Gasteiger partial charge in [0.2, 0.25) is 11.7 Å². The van der Waals surface area contributed by atoms with Crippen LogP contribution in [0, 0.1) is 0 Å². The summed E-state index contributed by atoms with van der Waals surface area (Å²) in [4.78, 5) is 11.3. The van der Waals surface area contributed by atoms with Crippen LogP contribution in [0.2, 0.25) is 0 Å². The molecule has 0 aromatic heterocycles. The number of methoxy groups -OCH3 is 3. The molecule has 0 fully saturated rings. The normalized spacial score (nSPS) is 10.8. The SMILES string of the molecule is CCCCCCCCCCCCCCc1c(CCC(N)=O)cc(OC)c(OC)c1OC. The van der Waals surface area contributed by atoms with Crippen molar-refractivity contribution in [3.63, 3.8) is 0 Å². The van der Waals surface area contributed by atoms with Gasteiger partial charge in [-0.05, 0) is 30.9 Å². The molecule has 1 rings (SSSR count). The number of amides is 1. The maximum atomic E-state index is 11.3. The van der Waals surface area contributed by atoms with E-state index in [-0.39, 0.29) is 5.91 Å². The lowest BCUT2D eigenvalue weighted by Crippen LogP contribution is -2.12. The summed E-state index contributed by atoms with van der Waals surface area (Å²) < 4.78 is 16.7. The van der Waals surface area contributed by atoms with Crippen LogP contribution in [-0.4, -0.2) is 27.2 Å². The summed E-state index contributed by atoms with van der Waals surface area (Å²) in [5.41, 5.74) is 7.54. The number of carbonyl (C=O) groups is 1. The van der Waals surface area contributed by atoms with Crippen molar-refractivity contribution >= 4 is 5.91 Å². The van der Waals surface area contributed by atoms with Gasteiger partial charge in [-0.3, -0.25) is 4.79 Å². The summed E-state index contributed by atoms with van der Waals surface area (Å²) >= 11 is 0. The Kier molecular flexibility index (Phi) is 14.6. The van der Waals surface area contributed by atoms with Crippen LogP contribution in [-0.2, 0) is 17.6 Å². The fraction of sp³-hybridized carbons (Fsp3) is 0.731. The molecule has 178 valence electrons. The molecule has 0 aliphatic heterocycles. The van der Waals surface area contributed by atoms with Crippen LogP contribution in [0.5, 0.6) is 17.2 Å². The van der Waals surface area contributed by atoms with Crippen molar-refractivity contribution in [1.82, 2.24) is 0 Å². The zero-order chi connectivity index (χ0) is 22.9. The van der Waals surface area contributed by atoms with Gasteiger partial charge in [0.05, 0.1) is 21.3 Å². The van der Waals surface area contributed by atoms with Crippen LogP contribution in [0.1, 0.15) is 102 Å². The molecular formula is C26H45NO4. The molecule has 0 saturated carbocycles. The van der Waals surface area contributed by atoms with Crippen LogP contribution in [0.15, 0.2) is 6.07 Å². The standard InChI is InChI=1S/C26H45NO4/c1-5-6-7-8-9-10-11-12-13-14-15-16-17-22-21(18-19-24(27)28)20-23(29-2)26(31-4)25(22)30-3/h20H,5-19H2,1-4H3,(H2,27,28). The number of aryl methyl sites for hydroxylation is 1. The molecule has 5 heteroatoms. The van der Waals surface area contributed by atoms with Crippen LogP contribution >= 0.6 is 0 Å². The second-order valence-corrected chi connectivity index (χ2v) is 8.39. The first-order valence-corrected chi connectivity index (χ1v) is 12.2. The fourth-order valence-electron chi connectivity index (χ4n) is 4.16. The van der Waals surface area contributed by atoms with Gasteiger partial charge >= 0.3 is 0 Å². The van der Waals surface area contributed by atoms with Crippen LogP contribution in [0.3, 0.4) is 0 Å². The van der Waals surface area contributed by atoms with Crippen molar-refractivity contribution in [2.45, 2.75) is 103 Å². The highest BCUT2D eigenvalue weighted by Crippen LogP contribution is 2.43. The molecule has 0 aliphatic carbocycles. The zero-order valence-corrected chi connectivity index (χ0v) is 20.4. The Balaban J connectivity index is 2.52. The van der Waals surface area contributed by atoms with E-state index in [1.165, 1.54) is 70.6 Å². The smallest absolute Gasteiger partial charge is 0.217 e. The van der Waals surface area contributed by atoms with E-state index in [2.05, 4.69) is 6.92 Å². The number of carbonyl (C=O) groups excluding carboxylic acids is 1. The van der Waals surface area contributed by atoms with E-state index in [4.69, 9.17) is 19.9 Å². The number of primary amides is 1. The quantitative estimate of drug-likeness (QED) is 0.256. The molecule has 0 saturated heterocycles. The van der Waals surface area contributed by atoms with Crippen molar-refractivity contribution in [3.05, 3.63) is 17.2 Å². The van der Waals surface area contributed by atoms with Gasteiger partial charge in [0.25, 0.3) is 0 Å². The molecule has 0 radical (unpaired) electrons. The largest absolute Gasteiger partial charge is 0.493 e. The average molecular weight is 436 g/mol. The molecule has 0 unspecified atom stereocenters. The minimum atomic E-state index is -0.301. The second-order valence-electron chi connectivity index (χ2n) is 8.39. The third-order valence-corrected chi connectivity index (χ3v) is 5.95. The van der Waals surface area contributed by atoms with Gasteiger partial charge in [-0.25, -0.2) is 0 Å². The molecule has 0 bridgehead atoms. The van der Waals surface area contributed by atoms with Gasteiger partial charge in [0.1, 0.15) is 0 Å². The number of ether oxygens (including phenoxy) is 3. The summed E-state index contributed by atoms with van der Waals surface area (Å²) in [5.74, 6) is 1.65. The molecule has 0 aliphatic rings. The average Bonchev–Trinajstić information content (AvgIpc) is 2.77. The van der Waals surface area contributed by atoms with Gasteiger partial charge in [-0.1, -0.05) is 77.6 Å². The predicted molar refractivity (Wildman–Crippen MR) is 128 cm³/mol.